The van der Waals surface area contributed by atoms with E-state index in [1.807, 2.05) is 28.8 Å². The summed E-state index contributed by atoms with van der Waals surface area (Å²) in [6.45, 7) is 1.12. The Bertz CT molecular complexity index is 1210. The van der Waals surface area contributed by atoms with Crippen LogP contribution in [0.1, 0.15) is 18.4 Å². The van der Waals surface area contributed by atoms with Gasteiger partial charge in [-0.1, -0.05) is 12.1 Å². The van der Waals surface area contributed by atoms with Crippen LogP contribution in [0.5, 0.6) is 0 Å². The highest BCUT2D eigenvalue weighted by Crippen LogP contribution is 2.24. The second-order valence-electron chi connectivity index (χ2n) is 9.23. The molecule has 1 unspecified atom stereocenters. The van der Waals surface area contributed by atoms with Gasteiger partial charge in [-0.15, -0.1) is 0 Å². The predicted molar refractivity (Wildman–Crippen MR) is 134 cm³/mol. The third-order valence-electron chi connectivity index (χ3n) is 6.12. The lowest BCUT2D eigenvalue weighted by Gasteiger charge is -2.30. The molecule has 1 aliphatic rings. The lowest BCUT2D eigenvalue weighted by molar-refractivity contribution is -0.122. The first kappa shape index (κ1) is 27.8. The highest BCUT2D eigenvalue weighted by Gasteiger charge is 2.27. The Balaban J connectivity index is 1.28. The summed E-state index contributed by atoms with van der Waals surface area (Å²) in [7, 11) is 0. The number of halogens is 3. The maximum absolute atomic E-state index is 12.3. The number of benzene rings is 1. The number of urea groups is 1. The minimum absolute atomic E-state index is 0.132. The molecule has 1 atom stereocenters. The van der Waals surface area contributed by atoms with E-state index in [9.17, 15) is 28.2 Å². The SMILES string of the molecule is O=C(NCC(F)(F)F)Nc1cccc(-c2cnc3cc(CNOCC(O)CN4CCC(O)CC4)ccn23)c1. The Morgan fingerprint density at radius 3 is 2.76 bits per heavy atom. The summed E-state index contributed by atoms with van der Waals surface area (Å²) >= 11 is 0. The third-order valence-corrected chi connectivity index (χ3v) is 6.12. The largest absolute Gasteiger partial charge is 0.405 e. The highest BCUT2D eigenvalue weighted by atomic mass is 19.4. The molecule has 0 radical (unpaired) electrons. The first-order chi connectivity index (χ1) is 18.2. The van der Waals surface area contributed by atoms with Crippen LogP contribution in [0.4, 0.5) is 23.7 Å². The number of carbonyl (C=O) groups excluding carboxylic acids is 1. The molecule has 38 heavy (non-hydrogen) atoms. The Morgan fingerprint density at radius 2 is 2.00 bits per heavy atom. The number of imidazole rings is 1. The summed E-state index contributed by atoms with van der Waals surface area (Å²) in [5, 5.41) is 23.9. The molecule has 0 bridgehead atoms. The number of nitrogens with zero attached hydrogens (tertiary/aromatic N) is 3. The molecule has 0 saturated carbocycles. The van der Waals surface area contributed by atoms with Crippen molar-refractivity contribution in [2.24, 2.45) is 0 Å². The molecule has 0 aliphatic carbocycles. The van der Waals surface area contributed by atoms with Gasteiger partial charge in [0.05, 0.1) is 30.7 Å². The number of pyridine rings is 1. The van der Waals surface area contributed by atoms with Crippen molar-refractivity contribution >= 4 is 17.4 Å². The maximum atomic E-state index is 12.3. The average Bonchev–Trinajstić information content (AvgIpc) is 3.30. The fourth-order valence-electron chi connectivity index (χ4n) is 4.20. The van der Waals surface area contributed by atoms with Crippen molar-refractivity contribution in [2.45, 2.75) is 37.8 Å². The van der Waals surface area contributed by atoms with E-state index < -0.39 is 24.9 Å². The van der Waals surface area contributed by atoms with Gasteiger partial charge in [-0.2, -0.15) is 18.7 Å². The quantitative estimate of drug-likeness (QED) is 0.199. The number of aliphatic hydroxyl groups is 2. The number of hydrogen-bond donors (Lipinski definition) is 5. The molecule has 3 heterocycles. The molecule has 1 aromatic carbocycles. The Labute approximate surface area is 217 Å². The Hall–Kier alpha value is -3.23. The summed E-state index contributed by atoms with van der Waals surface area (Å²) in [6.07, 6.45) is -0.443. The van der Waals surface area contributed by atoms with Gasteiger partial charge in [0.25, 0.3) is 0 Å². The number of aliphatic hydroxyl groups excluding tert-OH is 2. The zero-order valence-corrected chi connectivity index (χ0v) is 20.6. The highest BCUT2D eigenvalue weighted by molar-refractivity contribution is 5.90. The number of fused-ring (bicyclic) bond motifs is 1. The molecule has 3 aromatic rings. The molecule has 1 saturated heterocycles. The smallest absolute Gasteiger partial charge is 0.393 e. The van der Waals surface area contributed by atoms with Gasteiger partial charge in [-0.25, -0.2) is 9.78 Å². The number of amides is 2. The van der Waals surface area contributed by atoms with Crippen LogP contribution in [-0.4, -0.2) is 81.7 Å². The molecular formula is C25H31F3N6O4. The number of rotatable bonds is 10. The standard InChI is InChI=1S/C25H31F3N6O4/c26-25(27,28)16-30-24(37)32-19-3-1-2-18(11-19)22-13-29-23-10-17(4-9-34(22)23)12-31-38-15-21(36)14-33-7-5-20(35)6-8-33/h1-4,9-11,13,20-21,31,35-36H,5-8,12,14-16H2,(H2,30,32,37). The van der Waals surface area contributed by atoms with Crippen LogP contribution in [0.2, 0.25) is 0 Å². The number of alkyl halides is 3. The van der Waals surface area contributed by atoms with Gasteiger partial charge in [0.2, 0.25) is 0 Å². The summed E-state index contributed by atoms with van der Waals surface area (Å²) in [5.74, 6) is 0. The van der Waals surface area contributed by atoms with Crippen molar-refractivity contribution in [1.29, 1.82) is 0 Å². The number of hydrogen-bond acceptors (Lipinski definition) is 7. The number of aromatic nitrogens is 2. The van der Waals surface area contributed by atoms with Gasteiger partial charge in [0.1, 0.15) is 12.2 Å². The Morgan fingerprint density at radius 1 is 1.21 bits per heavy atom. The van der Waals surface area contributed by atoms with E-state index in [1.54, 1.807) is 29.7 Å². The van der Waals surface area contributed by atoms with E-state index in [0.717, 1.165) is 29.9 Å². The number of hydroxylamine groups is 1. The molecule has 2 amide bonds. The number of β-amino-alcohol motifs (C(OH)–C–C–N with tert-alkyl or cyclic N) is 1. The second kappa shape index (κ2) is 12.5. The first-order valence-corrected chi connectivity index (χ1v) is 12.3. The van der Waals surface area contributed by atoms with Gasteiger partial charge in [-0.05, 0) is 42.7 Å². The van der Waals surface area contributed by atoms with Crippen molar-refractivity contribution in [3.8, 4) is 11.3 Å². The van der Waals surface area contributed by atoms with Crippen LogP contribution in [-0.2, 0) is 11.4 Å². The summed E-state index contributed by atoms with van der Waals surface area (Å²) in [5.41, 5.74) is 6.24. The van der Waals surface area contributed by atoms with Crippen molar-refractivity contribution in [2.75, 3.05) is 38.1 Å². The van der Waals surface area contributed by atoms with E-state index in [4.69, 9.17) is 4.84 Å². The lowest BCUT2D eigenvalue weighted by Crippen LogP contribution is -2.42. The summed E-state index contributed by atoms with van der Waals surface area (Å²) in [4.78, 5) is 23.7. The van der Waals surface area contributed by atoms with Crippen LogP contribution >= 0.6 is 0 Å². The van der Waals surface area contributed by atoms with Gasteiger partial charge >= 0.3 is 12.2 Å². The Kier molecular flexibility index (Phi) is 9.17. The molecule has 2 aromatic heterocycles. The van der Waals surface area contributed by atoms with Crippen LogP contribution in [0.25, 0.3) is 16.9 Å². The summed E-state index contributed by atoms with van der Waals surface area (Å²) in [6, 6.07) is 9.54. The van der Waals surface area contributed by atoms with E-state index in [1.165, 1.54) is 0 Å². The molecule has 1 aliphatic heterocycles. The van der Waals surface area contributed by atoms with Gasteiger partial charge in [-0.3, -0.25) is 9.24 Å². The van der Waals surface area contributed by atoms with Gasteiger partial charge in [0, 0.05) is 43.6 Å². The first-order valence-electron chi connectivity index (χ1n) is 12.3. The zero-order chi connectivity index (χ0) is 27.1. The molecule has 206 valence electrons. The lowest BCUT2D eigenvalue weighted by atomic mass is 10.1. The molecular weight excluding hydrogens is 505 g/mol. The summed E-state index contributed by atoms with van der Waals surface area (Å²) < 4.78 is 38.8. The minimum Gasteiger partial charge on any atom is -0.393 e. The minimum atomic E-state index is -4.49. The van der Waals surface area contributed by atoms with Crippen LogP contribution < -0.4 is 16.1 Å². The number of anilines is 1. The molecule has 0 spiro atoms. The molecule has 1 fully saturated rings. The predicted octanol–water partition coefficient (Wildman–Crippen LogP) is 2.52. The normalized spacial score (nSPS) is 16.0. The van der Waals surface area contributed by atoms with E-state index in [2.05, 4.69) is 20.7 Å². The number of likely N-dealkylation sites (tertiary alicyclic amines) is 1. The van der Waals surface area contributed by atoms with E-state index >= 15 is 0 Å². The maximum Gasteiger partial charge on any atom is 0.405 e. The fourth-order valence-corrected chi connectivity index (χ4v) is 4.20. The number of nitrogens with one attached hydrogen (secondary N) is 3. The van der Waals surface area contributed by atoms with E-state index in [-0.39, 0.29) is 12.7 Å². The van der Waals surface area contributed by atoms with Gasteiger partial charge < -0.3 is 25.7 Å². The molecule has 5 N–H and O–H groups in total. The zero-order valence-electron chi connectivity index (χ0n) is 20.6. The topological polar surface area (TPSA) is 123 Å². The molecule has 10 nitrogen and oxygen atoms in total. The van der Waals surface area contributed by atoms with Crippen LogP contribution in [0.15, 0.2) is 48.8 Å². The van der Waals surface area contributed by atoms with Crippen LogP contribution in [0.3, 0.4) is 0 Å². The monoisotopic (exact) mass is 536 g/mol. The number of piperidine rings is 1. The average molecular weight is 537 g/mol. The van der Waals surface area contributed by atoms with Crippen molar-refractivity contribution in [1.82, 2.24) is 25.1 Å². The van der Waals surface area contributed by atoms with Crippen molar-refractivity contribution < 1.29 is 33.0 Å². The van der Waals surface area contributed by atoms with E-state index in [0.29, 0.717) is 37.3 Å². The second-order valence-corrected chi connectivity index (χ2v) is 9.23. The number of carbonyl (C=O) groups is 1. The molecule has 4 rings (SSSR count). The third kappa shape index (κ3) is 8.13. The van der Waals surface area contributed by atoms with Crippen LogP contribution in [0, 0.1) is 0 Å². The van der Waals surface area contributed by atoms with Crippen molar-refractivity contribution in [3.63, 3.8) is 0 Å². The fraction of sp³-hybridized carbons (Fsp3) is 0.440. The molecule has 13 heteroatoms. The van der Waals surface area contributed by atoms with Gasteiger partial charge in [0.15, 0.2) is 0 Å². The van der Waals surface area contributed by atoms with Crippen molar-refractivity contribution in [3.05, 3.63) is 54.4 Å².